The van der Waals surface area contributed by atoms with Gasteiger partial charge in [-0.25, -0.2) is 4.98 Å². The third kappa shape index (κ3) is 4.75. The van der Waals surface area contributed by atoms with Crippen molar-refractivity contribution in [3.8, 4) is 28.3 Å². The van der Waals surface area contributed by atoms with E-state index in [9.17, 15) is 18.0 Å². The number of methoxy groups -OCH3 is 1. The van der Waals surface area contributed by atoms with E-state index in [-0.39, 0.29) is 17.7 Å². The number of imidazole rings is 1. The zero-order valence-electron chi connectivity index (χ0n) is 21.0. The molecule has 0 unspecified atom stereocenters. The molecule has 0 radical (unpaired) electrons. The van der Waals surface area contributed by atoms with Crippen LogP contribution in [0.4, 0.5) is 13.2 Å². The molecule has 1 saturated heterocycles. The van der Waals surface area contributed by atoms with Crippen LogP contribution in [0, 0.1) is 11.8 Å². The van der Waals surface area contributed by atoms with Gasteiger partial charge in [-0.05, 0) is 66.6 Å². The number of fused-ring (bicyclic) bond motifs is 1. The van der Waals surface area contributed by atoms with Gasteiger partial charge in [0.2, 0.25) is 5.91 Å². The number of ether oxygens (including phenoxy) is 1. The lowest BCUT2D eigenvalue weighted by Crippen LogP contribution is -2.30. The molecule has 1 amide bonds. The third-order valence-electron chi connectivity index (χ3n) is 7.61. The summed E-state index contributed by atoms with van der Waals surface area (Å²) >= 11 is 0. The van der Waals surface area contributed by atoms with Crippen LogP contribution >= 0.6 is 0 Å². The Morgan fingerprint density at radius 2 is 1.61 bits per heavy atom. The molecule has 1 saturated carbocycles. The van der Waals surface area contributed by atoms with Gasteiger partial charge in [0.25, 0.3) is 0 Å². The maximum absolute atomic E-state index is 13.6. The average Bonchev–Trinajstić information content (AvgIpc) is 3.57. The quantitative estimate of drug-likeness (QED) is 0.286. The lowest BCUT2D eigenvalue weighted by atomic mass is 10.0. The van der Waals surface area contributed by atoms with E-state index in [1.165, 1.54) is 12.1 Å². The first kappa shape index (κ1) is 24.5. The molecule has 6 rings (SSSR count). The van der Waals surface area contributed by atoms with Gasteiger partial charge in [-0.15, -0.1) is 0 Å². The number of hydrogen-bond donors (Lipinski definition) is 0. The number of amides is 1. The molecule has 3 aromatic carbocycles. The summed E-state index contributed by atoms with van der Waals surface area (Å²) in [7, 11) is 1.63. The molecule has 8 heteroatoms. The van der Waals surface area contributed by atoms with Crippen molar-refractivity contribution in [3.05, 3.63) is 72.3 Å². The zero-order valence-corrected chi connectivity index (χ0v) is 21.0. The van der Waals surface area contributed by atoms with E-state index >= 15 is 0 Å². The van der Waals surface area contributed by atoms with Crippen LogP contribution in [0.15, 0.2) is 66.7 Å². The minimum absolute atomic E-state index is 0.155. The first-order valence-electron chi connectivity index (χ1n) is 12.9. The number of likely N-dealkylation sites (tertiary alicyclic amines) is 1. The van der Waals surface area contributed by atoms with Gasteiger partial charge in [0.05, 0.1) is 23.7 Å². The molecule has 2 aliphatic rings. The van der Waals surface area contributed by atoms with Gasteiger partial charge in [0, 0.05) is 31.1 Å². The Morgan fingerprint density at radius 1 is 0.947 bits per heavy atom. The standard InChI is InChI=1S/C30H28F3N3O2/c1-38-25-11-8-21(9-12-25)20-2-4-22(5-3-20)28-34-26-13-10-24(30(31,32)33)16-27(26)36(28)18-19-14-15-35(17-19)29(37)23-6-7-23/h2-5,8-13,16,19,23H,6-7,14-15,17-18H2,1H3/t19-/m0/s1. The van der Waals surface area contributed by atoms with Crippen molar-refractivity contribution in [1.29, 1.82) is 0 Å². The van der Waals surface area contributed by atoms with Crippen LogP contribution in [0.2, 0.25) is 0 Å². The highest BCUT2D eigenvalue weighted by Gasteiger charge is 2.37. The number of halogens is 3. The topological polar surface area (TPSA) is 47.4 Å². The Labute approximate surface area is 218 Å². The van der Waals surface area contributed by atoms with Crippen molar-refractivity contribution < 1.29 is 22.7 Å². The summed E-state index contributed by atoms with van der Waals surface area (Å²) in [6.45, 7) is 1.83. The van der Waals surface area contributed by atoms with Gasteiger partial charge >= 0.3 is 6.18 Å². The van der Waals surface area contributed by atoms with E-state index in [1.54, 1.807) is 7.11 Å². The van der Waals surface area contributed by atoms with Crippen molar-refractivity contribution in [2.45, 2.75) is 32.0 Å². The fourth-order valence-corrected chi connectivity index (χ4v) is 5.33. The summed E-state index contributed by atoms with van der Waals surface area (Å²) in [5.74, 6) is 1.95. The Morgan fingerprint density at radius 3 is 2.24 bits per heavy atom. The molecule has 1 aliphatic heterocycles. The fraction of sp³-hybridized carbons (Fsp3) is 0.333. The van der Waals surface area contributed by atoms with Crippen molar-refractivity contribution in [2.24, 2.45) is 11.8 Å². The number of carbonyl (C=O) groups excluding carboxylic acids is 1. The summed E-state index contributed by atoms with van der Waals surface area (Å²) in [6.07, 6.45) is -1.69. The van der Waals surface area contributed by atoms with E-state index < -0.39 is 11.7 Å². The van der Waals surface area contributed by atoms with Crippen LogP contribution in [0.5, 0.6) is 5.75 Å². The summed E-state index contributed by atoms with van der Waals surface area (Å²) in [5, 5.41) is 0. The summed E-state index contributed by atoms with van der Waals surface area (Å²) in [5.41, 5.74) is 3.17. The van der Waals surface area contributed by atoms with Crippen molar-refractivity contribution in [3.63, 3.8) is 0 Å². The number of benzene rings is 3. The normalized spacial score (nSPS) is 17.8. The van der Waals surface area contributed by atoms with Crippen LogP contribution in [-0.4, -0.2) is 40.6 Å². The summed E-state index contributed by atoms with van der Waals surface area (Å²) in [4.78, 5) is 19.3. The molecule has 196 valence electrons. The highest BCUT2D eigenvalue weighted by Crippen LogP contribution is 2.36. The first-order valence-corrected chi connectivity index (χ1v) is 12.9. The van der Waals surface area contributed by atoms with Crippen molar-refractivity contribution in [1.82, 2.24) is 14.5 Å². The molecule has 0 spiro atoms. The lowest BCUT2D eigenvalue weighted by molar-refractivity contribution is -0.137. The SMILES string of the molecule is COc1ccc(-c2ccc(-c3nc4ccc(C(F)(F)F)cc4n3C[C@H]3CCN(C(=O)C4CC4)C3)cc2)cc1. The van der Waals surface area contributed by atoms with Crippen LogP contribution in [-0.2, 0) is 17.5 Å². The van der Waals surface area contributed by atoms with Gasteiger partial charge < -0.3 is 14.2 Å². The lowest BCUT2D eigenvalue weighted by Gasteiger charge is -2.18. The molecule has 0 bridgehead atoms. The molecule has 1 aliphatic carbocycles. The Bertz CT molecular complexity index is 1470. The molecule has 2 heterocycles. The summed E-state index contributed by atoms with van der Waals surface area (Å²) < 4.78 is 47.9. The second kappa shape index (κ2) is 9.49. The predicted octanol–water partition coefficient (Wildman–Crippen LogP) is 6.66. The maximum atomic E-state index is 13.6. The van der Waals surface area contributed by atoms with E-state index in [1.807, 2.05) is 58.0 Å². The van der Waals surface area contributed by atoms with E-state index in [0.717, 1.165) is 47.8 Å². The fourth-order valence-electron chi connectivity index (χ4n) is 5.33. The molecular weight excluding hydrogens is 491 g/mol. The summed E-state index contributed by atoms with van der Waals surface area (Å²) in [6, 6.07) is 19.4. The predicted molar refractivity (Wildman–Crippen MR) is 140 cm³/mol. The number of hydrogen-bond acceptors (Lipinski definition) is 3. The Kier molecular flexibility index (Phi) is 6.13. The number of nitrogens with zero attached hydrogens (tertiary/aromatic N) is 3. The molecule has 0 N–H and O–H groups in total. The second-order valence-corrected chi connectivity index (χ2v) is 10.3. The largest absolute Gasteiger partial charge is 0.497 e. The number of alkyl halides is 3. The van der Waals surface area contributed by atoms with Gasteiger partial charge in [0.15, 0.2) is 0 Å². The average molecular weight is 520 g/mol. The van der Waals surface area contributed by atoms with Crippen LogP contribution in [0.3, 0.4) is 0 Å². The van der Waals surface area contributed by atoms with Crippen LogP contribution in [0.25, 0.3) is 33.5 Å². The monoisotopic (exact) mass is 519 g/mol. The molecule has 1 aromatic heterocycles. The Hall–Kier alpha value is -3.81. The molecular formula is C30H28F3N3O2. The van der Waals surface area contributed by atoms with Crippen molar-refractivity contribution in [2.75, 3.05) is 20.2 Å². The van der Waals surface area contributed by atoms with Gasteiger partial charge in [0.1, 0.15) is 11.6 Å². The zero-order chi connectivity index (χ0) is 26.4. The highest BCUT2D eigenvalue weighted by atomic mass is 19.4. The van der Waals surface area contributed by atoms with E-state index in [4.69, 9.17) is 9.72 Å². The second-order valence-electron chi connectivity index (χ2n) is 10.3. The van der Waals surface area contributed by atoms with Crippen LogP contribution < -0.4 is 4.74 Å². The molecule has 4 aromatic rings. The molecule has 1 atom stereocenters. The maximum Gasteiger partial charge on any atom is 0.416 e. The molecule has 38 heavy (non-hydrogen) atoms. The number of aromatic nitrogens is 2. The van der Waals surface area contributed by atoms with Gasteiger partial charge in [-0.2, -0.15) is 13.2 Å². The minimum atomic E-state index is -4.44. The van der Waals surface area contributed by atoms with E-state index in [2.05, 4.69) is 0 Å². The highest BCUT2D eigenvalue weighted by molar-refractivity contribution is 5.82. The first-order chi connectivity index (χ1) is 18.3. The smallest absolute Gasteiger partial charge is 0.416 e. The van der Waals surface area contributed by atoms with Gasteiger partial charge in [-0.3, -0.25) is 4.79 Å². The number of carbonyl (C=O) groups is 1. The minimum Gasteiger partial charge on any atom is -0.497 e. The Balaban J connectivity index is 1.34. The molecule has 2 fully saturated rings. The van der Waals surface area contributed by atoms with E-state index in [0.29, 0.717) is 36.5 Å². The van der Waals surface area contributed by atoms with Crippen molar-refractivity contribution >= 4 is 16.9 Å². The third-order valence-corrected chi connectivity index (χ3v) is 7.61. The molecule has 5 nitrogen and oxygen atoms in total. The van der Waals surface area contributed by atoms with Gasteiger partial charge in [-0.1, -0.05) is 36.4 Å². The number of rotatable bonds is 6. The van der Waals surface area contributed by atoms with Crippen LogP contribution in [0.1, 0.15) is 24.8 Å².